The first-order valence-corrected chi connectivity index (χ1v) is 8.31. The number of hydrogen-bond acceptors (Lipinski definition) is 5. The van der Waals surface area contributed by atoms with Gasteiger partial charge in [0.05, 0.1) is 24.0 Å². The highest BCUT2D eigenvalue weighted by Gasteiger charge is 2.15. The molecule has 2 aromatic heterocycles. The third-order valence-corrected chi connectivity index (χ3v) is 4.31. The van der Waals surface area contributed by atoms with Gasteiger partial charge in [-0.05, 0) is 29.8 Å². The van der Waals surface area contributed by atoms with Crippen LogP contribution < -0.4 is 0 Å². The summed E-state index contributed by atoms with van der Waals surface area (Å²) in [6.07, 6.45) is 1.71. The summed E-state index contributed by atoms with van der Waals surface area (Å²) >= 11 is 4.60. The van der Waals surface area contributed by atoms with Gasteiger partial charge in [-0.3, -0.25) is 0 Å². The first-order chi connectivity index (χ1) is 12.2. The number of benzene rings is 2. The van der Waals surface area contributed by atoms with E-state index in [1.165, 1.54) is 5.56 Å². The maximum Gasteiger partial charge on any atom is 0.209 e. The second-order valence-electron chi connectivity index (χ2n) is 5.76. The second-order valence-corrected chi connectivity index (χ2v) is 6.18. The Labute approximate surface area is 150 Å². The van der Waals surface area contributed by atoms with Crippen LogP contribution in [-0.2, 0) is 6.54 Å². The Morgan fingerprint density at radius 2 is 1.76 bits per heavy atom. The molecule has 0 aliphatic rings. The molecule has 0 N–H and O–H groups in total. The average Bonchev–Trinajstić information content (AvgIpc) is 3.23. The van der Waals surface area contributed by atoms with Crippen molar-refractivity contribution in [1.29, 1.82) is 0 Å². The molecule has 4 rings (SSSR count). The molecule has 124 valence electrons. The maximum absolute atomic E-state index is 4.60. The van der Waals surface area contributed by atoms with E-state index in [9.17, 15) is 0 Å². The van der Waals surface area contributed by atoms with Crippen molar-refractivity contribution in [1.82, 2.24) is 30.0 Å². The minimum absolute atomic E-state index is 0.513. The summed E-state index contributed by atoms with van der Waals surface area (Å²) in [6.45, 7) is 2.62. The molecule has 0 aliphatic heterocycles. The van der Waals surface area contributed by atoms with Crippen LogP contribution in [-0.4, -0.2) is 30.0 Å². The van der Waals surface area contributed by atoms with Crippen molar-refractivity contribution in [2.24, 2.45) is 0 Å². The lowest BCUT2D eigenvalue weighted by Gasteiger charge is -2.04. The van der Waals surface area contributed by atoms with E-state index in [1.54, 1.807) is 15.7 Å². The fourth-order valence-electron chi connectivity index (χ4n) is 2.54. The van der Waals surface area contributed by atoms with Crippen LogP contribution in [0.2, 0.25) is 0 Å². The van der Waals surface area contributed by atoms with Crippen LogP contribution in [0.5, 0.6) is 0 Å². The number of aromatic nitrogens is 6. The Kier molecular flexibility index (Phi) is 4.07. The molecule has 0 bridgehead atoms. The fraction of sp³-hybridized carbons (Fsp3) is 0.111. The highest BCUT2D eigenvalue weighted by molar-refractivity contribution is 7.80. The van der Waals surface area contributed by atoms with E-state index >= 15 is 0 Å². The Balaban J connectivity index is 1.62. The van der Waals surface area contributed by atoms with Crippen LogP contribution in [0.4, 0.5) is 0 Å². The molecular weight excluding hydrogens is 332 g/mol. The lowest BCUT2D eigenvalue weighted by molar-refractivity contribution is 0.573. The van der Waals surface area contributed by atoms with Crippen molar-refractivity contribution in [2.45, 2.75) is 18.5 Å². The van der Waals surface area contributed by atoms with Crippen molar-refractivity contribution < 1.29 is 0 Å². The van der Waals surface area contributed by atoms with E-state index in [4.69, 9.17) is 0 Å². The minimum atomic E-state index is 0.513. The molecule has 0 radical (unpaired) electrons. The molecule has 0 spiro atoms. The topological polar surface area (TPSA) is 61.4 Å². The first kappa shape index (κ1) is 15.6. The minimum Gasteiger partial charge on any atom is -0.227 e. The second kappa shape index (κ2) is 6.52. The lowest BCUT2D eigenvalue weighted by atomic mass is 10.2. The summed E-state index contributed by atoms with van der Waals surface area (Å²) in [6, 6.07) is 18.1. The van der Waals surface area contributed by atoms with Crippen molar-refractivity contribution >= 4 is 12.6 Å². The average molecular weight is 348 g/mol. The summed E-state index contributed by atoms with van der Waals surface area (Å²) in [5.74, 6) is 0.513. The van der Waals surface area contributed by atoms with Crippen LogP contribution in [0, 0.1) is 6.92 Å². The van der Waals surface area contributed by atoms with Gasteiger partial charge in [-0.25, -0.2) is 4.68 Å². The molecule has 2 heterocycles. The van der Waals surface area contributed by atoms with Gasteiger partial charge in [0.1, 0.15) is 5.03 Å². The van der Waals surface area contributed by atoms with E-state index < -0.39 is 0 Å². The number of thiol groups is 1. The van der Waals surface area contributed by atoms with Gasteiger partial charge < -0.3 is 0 Å². The smallest absolute Gasteiger partial charge is 0.209 e. The van der Waals surface area contributed by atoms with Gasteiger partial charge in [-0.2, -0.15) is 9.90 Å². The third kappa shape index (κ3) is 3.18. The summed E-state index contributed by atoms with van der Waals surface area (Å²) < 4.78 is 1.76. The molecule has 0 aliphatic carbocycles. The standard InChI is InChI=1S/C18H16N6S/c1-13-7-9-15(10-8-13)24-18(25)16(11-19-24)17-20-22-23(21-17)12-14-5-3-2-4-6-14/h2-11,25H,12H2,1H3. The molecule has 7 heteroatoms. The highest BCUT2D eigenvalue weighted by atomic mass is 32.1. The predicted octanol–water partition coefficient (Wildman–Crippen LogP) is 3.17. The van der Waals surface area contributed by atoms with Crippen LogP contribution in [0.15, 0.2) is 65.8 Å². The summed E-state index contributed by atoms with van der Waals surface area (Å²) in [5, 5.41) is 17.8. The maximum atomic E-state index is 4.60. The number of tetrazole rings is 1. The quantitative estimate of drug-likeness (QED) is 0.576. The molecule has 6 nitrogen and oxygen atoms in total. The van der Waals surface area contributed by atoms with Gasteiger partial charge in [-0.1, -0.05) is 48.0 Å². The highest BCUT2D eigenvalue weighted by Crippen LogP contribution is 2.25. The van der Waals surface area contributed by atoms with E-state index in [2.05, 4.69) is 40.1 Å². The van der Waals surface area contributed by atoms with Gasteiger partial charge >= 0.3 is 0 Å². The number of rotatable bonds is 4. The van der Waals surface area contributed by atoms with Crippen LogP contribution >= 0.6 is 12.6 Å². The van der Waals surface area contributed by atoms with Gasteiger partial charge in [0.15, 0.2) is 0 Å². The Hall–Kier alpha value is -2.93. The van der Waals surface area contributed by atoms with Crippen molar-refractivity contribution in [3.63, 3.8) is 0 Å². The summed E-state index contributed by atoms with van der Waals surface area (Å²) in [5.41, 5.74) is 4.01. The van der Waals surface area contributed by atoms with E-state index in [0.29, 0.717) is 17.4 Å². The van der Waals surface area contributed by atoms with Crippen molar-refractivity contribution in [2.75, 3.05) is 0 Å². The number of aryl methyl sites for hydroxylation is 1. The zero-order chi connectivity index (χ0) is 17.2. The van der Waals surface area contributed by atoms with E-state index in [1.807, 2.05) is 54.6 Å². The fourth-order valence-corrected chi connectivity index (χ4v) is 2.86. The molecule has 2 aromatic carbocycles. The van der Waals surface area contributed by atoms with E-state index in [0.717, 1.165) is 16.8 Å². The molecule has 0 amide bonds. The summed E-state index contributed by atoms with van der Waals surface area (Å²) in [7, 11) is 0. The van der Waals surface area contributed by atoms with Crippen LogP contribution in [0.3, 0.4) is 0 Å². The normalized spacial score (nSPS) is 11.0. The SMILES string of the molecule is Cc1ccc(-n2ncc(-c3nnn(Cc4ccccc4)n3)c2S)cc1. The monoisotopic (exact) mass is 348 g/mol. The molecule has 0 saturated carbocycles. The van der Waals surface area contributed by atoms with Gasteiger partial charge in [0.2, 0.25) is 5.82 Å². The predicted molar refractivity (Wildman–Crippen MR) is 97.9 cm³/mol. The van der Waals surface area contributed by atoms with E-state index in [-0.39, 0.29) is 0 Å². The van der Waals surface area contributed by atoms with Crippen molar-refractivity contribution in [3.05, 3.63) is 71.9 Å². The molecule has 0 atom stereocenters. The number of hydrogen-bond donors (Lipinski definition) is 1. The van der Waals surface area contributed by atoms with Crippen LogP contribution in [0.1, 0.15) is 11.1 Å². The lowest BCUT2D eigenvalue weighted by Crippen LogP contribution is -2.03. The third-order valence-electron chi connectivity index (χ3n) is 3.88. The molecule has 4 aromatic rings. The van der Waals surface area contributed by atoms with Gasteiger partial charge in [0, 0.05) is 0 Å². The molecule has 0 saturated heterocycles. The molecule has 25 heavy (non-hydrogen) atoms. The first-order valence-electron chi connectivity index (χ1n) is 7.87. The molecule has 0 unspecified atom stereocenters. The summed E-state index contributed by atoms with van der Waals surface area (Å²) in [4.78, 5) is 1.57. The Bertz CT molecular complexity index is 988. The van der Waals surface area contributed by atoms with Gasteiger partial charge in [-0.15, -0.1) is 22.8 Å². The van der Waals surface area contributed by atoms with Crippen molar-refractivity contribution in [3.8, 4) is 17.1 Å². The molecular formula is C18H16N6S. The largest absolute Gasteiger partial charge is 0.227 e. The number of nitrogens with zero attached hydrogens (tertiary/aromatic N) is 6. The Morgan fingerprint density at radius 3 is 2.52 bits per heavy atom. The zero-order valence-corrected chi connectivity index (χ0v) is 14.5. The van der Waals surface area contributed by atoms with Crippen LogP contribution in [0.25, 0.3) is 17.1 Å². The van der Waals surface area contributed by atoms with Gasteiger partial charge in [0.25, 0.3) is 0 Å². The zero-order valence-electron chi connectivity index (χ0n) is 13.6. The molecule has 0 fully saturated rings. The Morgan fingerprint density at radius 1 is 1.00 bits per heavy atom.